The van der Waals surface area contributed by atoms with E-state index in [9.17, 15) is 4.79 Å². The Bertz CT molecular complexity index is 739. The van der Waals surface area contributed by atoms with Gasteiger partial charge in [0.25, 0.3) is 5.91 Å². The molecule has 1 saturated heterocycles. The van der Waals surface area contributed by atoms with Crippen LogP contribution in [0.15, 0.2) is 36.4 Å². The summed E-state index contributed by atoms with van der Waals surface area (Å²) in [5.41, 5.74) is 2.08. The Hall–Kier alpha value is -1.95. The summed E-state index contributed by atoms with van der Waals surface area (Å²) in [6, 6.07) is 12.5. The van der Waals surface area contributed by atoms with Gasteiger partial charge in [0.05, 0.1) is 0 Å². The van der Waals surface area contributed by atoms with Gasteiger partial charge >= 0.3 is 0 Å². The van der Waals surface area contributed by atoms with Crippen molar-refractivity contribution >= 4 is 16.7 Å². The molecule has 2 aromatic rings. The standard InChI is InChI=1S/C21H29N3O2/c1-22-8-7-17-3-4-19-16-20(6-5-18(19)15-17)21(26)24-12-10-23(11-13-24)9-2-14-25/h3-6,15-16,22,25H,2,7-14H2,1H3. The first-order chi connectivity index (χ1) is 12.7. The molecule has 2 aromatic carbocycles. The Morgan fingerprint density at radius 1 is 1.08 bits per heavy atom. The normalized spacial score (nSPS) is 15.5. The minimum absolute atomic E-state index is 0.118. The highest BCUT2D eigenvalue weighted by molar-refractivity contribution is 5.98. The maximum Gasteiger partial charge on any atom is 0.253 e. The smallest absolute Gasteiger partial charge is 0.253 e. The Kier molecular flexibility index (Phi) is 6.61. The van der Waals surface area contributed by atoms with Gasteiger partial charge in [0.2, 0.25) is 0 Å². The molecule has 0 aromatic heterocycles. The molecule has 1 aliphatic heterocycles. The van der Waals surface area contributed by atoms with Crippen molar-refractivity contribution in [2.75, 3.05) is 52.9 Å². The number of piperazine rings is 1. The van der Waals surface area contributed by atoms with Crippen molar-refractivity contribution in [1.29, 1.82) is 0 Å². The monoisotopic (exact) mass is 355 g/mol. The van der Waals surface area contributed by atoms with Gasteiger partial charge in [-0.1, -0.05) is 24.3 Å². The van der Waals surface area contributed by atoms with E-state index in [0.717, 1.165) is 63.1 Å². The third-order valence-electron chi connectivity index (χ3n) is 5.11. The zero-order valence-electron chi connectivity index (χ0n) is 15.6. The van der Waals surface area contributed by atoms with E-state index in [1.807, 2.05) is 24.1 Å². The average molecular weight is 355 g/mol. The van der Waals surface area contributed by atoms with Crippen LogP contribution in [0.1, 0.15) is 22.3 Å². The largest absolute Gasteiger partial charge is 0.396 e. The van der Waals surface area contributed by atoms with Gasteiger partial charge in [0, 0.05) is 44.9 Å². The molecule has 0 bridgehead atoms. The van der Waals surface area contributed by atoms with Gasteiger partial charge < -0.3 is 15.3 Å². The van der Waals surface area contributed by atoms with Crippen molar-refractivity contribution in [2.45, 2.75) is 12.8 Å². The van der Waals surface area contributed by atoms with Gasteiger partial charge in [-0.3, -0.25) is 9.69 Å². The van der Waals surface area contributed by atoms with Crippen molar-refractivity contribution in [2.24, 2.45) is 0 Å². The summed E-state index contributed by atoms with van der Waals surface area (Å²) >= 11 is 0. The third-order valence-corrected chi connectivity index (χ3v) is 5.11. The third kappa shape index (κ3) is 4.61. The first-order valence-corrected chi connectivity index (χ1v) is 9.51. The molecule has 1 amide bonds. The number of aliphatic hydroxyl groups is 1. The first kappa shape index (κ1) is 18.8. The lowest BCUT2D eigenvalue weighted by molar-refractivity contribution is 0.0629. The Balaban J connectivity index is 1.65. The summed E-state index contributed by atoms with van der Waals surface area (Å²) in [7, 11) is 1.96. The number of rotatable bonds is 7. The fourth-order valence-corrected chi connectivity index (χ4v) is 3.50. The van der Waals surface area contributed by atoms with E-state index in [0.29, 0.717) is 0 Å². The lowest BCUT2D eigenvalue weighted by atomic mass is 10.0. The van der Waals surface area contributed by atoms with Crippen LogP contribution in [-0.2, 0) is 6.42 Å². The van der Waals surface area contributed by atoms with Gasteiger partial charge in [0.1, 0.15) is 0 Å². The number of benzene rings is 2. The topological polar surface area (TPSA) is 55.8 Å². The highest BCUT2D eigenvalue weighted by Gasteiger charge is 2.21. The Morgan fingerprint density at radius 3 is 2.54 bits per heavy atom. The summed E-state index contributed by atoms with van der Waals surface area (Å²) < 4.78 is 0. The molecule has 26 heavy (non-hydrogen) atoms. The molecule has 0 unspecified atom stereocenters. The number of likely N-dealkylation sites (N-methyl/N-ethyl adjacent to an activating group) is 1. The predicted molar refractivity (Wildman–Crippen MR) is 106 cm³/mol. The summed E-state index contributed by atoms with van der Waals surface area (Å²) in [6.07, 6.45) is 1.81. The van der Waals surface area contributed by atoms with Crippen molar-refractivity contribution in [3.05, 3.63) is 47.5 Å². The molecule has 0 atom stereocenters. The highest BCUT2D eigenvalue weighted by Crippen LogP contribution is 2.20. The number of hydrogen-bond donors (Lipinski definition) is 2. The molecule has 0 saturated carbocycles. The minimum atomic E-state index is 0.118. The predicted octanol–water partition coefficient (Wildman–Crippen LogP) is 1.74. The molecule has 1 fully saturated rings. The van der Waals surface area contributed by atoms with Crippen LogP contribution in [0.4, 0.5) is 0 Å². The molecular weight excluding hydrogens is 326 g/mol. The second-order valence-electron chi connectivity index (χ2n) is 6.96. The second-order valence-corrected chi connectivity index (χ2v) is 6.96. The van der Waals surface area contributed by atoms with E-state index in [1.54, 1.807) is 0 Å². The van der Waals surface area contributed by atoms with Crippen LogP contribution < -0.4 is 5.32 Å². The van der Waals surface area contributed by atoms with Crippen molar-refractivity contribution in [3.8, 4) is 0 Å². The maximum absolute atomic E-state index is 12.8. The summed E-state index contributed by atoms with van der Waals surface area (Å²) in [5.74, 6) is 0.118. The lowest BCUT2D eigenvalue weighted by Crippen LogP contribution is -2.48. The van der Waals surface area contributed by atoms with Crippen molar-refractivity contribution in [3.63, 3.8) is 0 Å². The molecular formula is C21H29N3O2. The average Bonchev–Trinajstić information content (AvgIpc) is 2.70. The quantitative estimate of drug-likeness (QED) is 0.794. The van der Waals surface area contributed by atoms with Gasteiger partial charge in [-0.15, -0.1) is 0 Å². The molecule has 0 aliphatic carbocycles. The Morgan fingerprint density at radius 2 is 1.81 bits per heavy atom. The van der Waals surface area contributed by atoms with Gasteiger partial charge in [-0.25, -0.2) is 0 Å². The molecule has 0 radical (unpaired) electrons. The second kappa shape index (κ2) is 9.12. The Labute approximate surface area is 155 Å². The highest BCUT2D eigenvalue weighted by atomic mass is 16.3. The van der Waals surface area contributed by atoms with Crippen LogP contribution in [0.25, 0.3) is 10.8 Å². The molecule has 1 aliphatic rings. The summed E-state index contributed by atoms with van der Waals surface area (Å²) in [6.45, 7) is 5.38. The van der Waals surface area contributed by atoms with E-state index >= 15 is 0 Å². The molecule has 2 N–H and O–H groups in total. The molecule has 5 heteroatoms. The number of aliphatic hydroxyl groups excluding tert-OH is 1. The fourth-order valence-electron chi connectivity index (χ4n) is 3.50. The van der Waals surface area contributed by atoms with Crippen LogP contribution in [0.2, 0.25) is 0 Å². The van der Waals surface area contributed by atoms with E-state index in [1.165, 1.54) is 10.9 Å². The van der Waals surface area contributed by atoms with Gasteiger partial charge in [0.15, 0.2) is 0 Å². The number of carbonyl (C=O) groups is 1. The van der Waals surface area contributed by atoms with Crippen LogP contribution in [0.3, 0.4) is 0 Å². The molecule has 140 valence electrons. The van der Waals surface area contributed by atoms with Crippen molar-refractivity contribution in [1.82, 2.24) is 15.1 Å². The fraction of sp³-hybridized carbons (Fsp3) is 0.476. The number of fused-ring (bicyclic) bond motifs is 1. The van der Waals surface area contributed by atoms with E-state index < -0.39 is 0 Å². The molecule has 5 nitrogen and oxygen atoms in total. The van der Waals surface area contributed by atoms with E-state index in [-0.39, 0.29) is 12.5 Å². The summed E-state index contributed by atoms with van der Waals surface area (Å²) in [5, 5.41) is 14.4. The lowest BCUT2D eigenvalue weighted by Gasteiger charge is -2.34. The molecule has 3 rings (SSSR count). The van der Waals surface area contributed by atoms with Crippen molar-refractivity contribution < 1.29 is 9.90 Å². The number of hydrogen-bond acceptors (Lipinski definition) is 4. The van der Waals surface area contributed by atoms with Crippen LogP contribution in [0, 0.1) is 0 Å². The maximum atomic E-state index is 12.8. The number of carbonyl (C=O) groups excluding carboxylic acids is 1. The number of nitrogens with zero attached hydrogens (tertiary/aromatic N) is 2. The summed E-state index contributed by atoms with van der Waals surface area (Å²) in [4.78, 5) is 17.1. The van der Waals surface area contributed by atoms with Crippen LogP contribution in [-0.4, -0.2) is 73.7 Å². The first-order valence-electron chi connectivity index (χ1n) is 9.51. The number of amides is 1. The van der Waals surface area contributed by atoms with E-state index in [4.69, 9.17) is 5.11 Å². The molecule has 0 spiro atoms. The SMILES string of the molecule is CNCCc1ccc2cc(C(=O)N3CCN(CCCO)CC3)ccc2c1. The molecule has 1 heterocycles. The van der Waals surface area contributed by atoms with Crippen LogP contribution >= 0.6 is 0 Å². The zero-order valence-corrected chi connectivity index (χ0v) is 15.6. The van der Waals surface area contributed by atoms with Crippen LogP contribution in [0.5, 0.6) is 0 Å². The zero-order chi connectivity index (χ0) is 18.4. The van der Waals surface area contributed by atoms with Gasteiger partial charge in [-0.2, -0.15) is 0 Å². The number of nitrogens with one attached hydrogen (secondary N) is 1. The minimum Gasteiger partial charge on any atom is -0.396 e. The van der Waals surface area contributed by atoms with E-state index in [2.05, 4.69) is 34.5 Å². The van der Waals surface area contributed by atoms with Gasteiger partial charge in [-0.05, 0) is 54.9 Å².